The van der Waals surface area contributed by atoms with Crippen LogP contribution in [-0.4, -0.2) is 26.7 Å². The summed E-state index contributed by atoms with van der Waals surface area (Å²) in [5, 5.41) is 3.19. The minimum atomic E-state index is -3.13. The molecule has 0 spiro atoms. The van der Waals surface area contributed by atoms with Gasteiger partial charge in [0.25, 0.3) is 0 Å². The Morgan fingerprint density at radius 3 is 2.63 bits per heavy atom. The standard InChI is InChI=1S/C21H27N3O2S/c22-21(24-20-13-6-11-18-10-4-5-12-19(18)20)23-14-7-15-27(25,26)16-17-8-2-1-3-9-17/h1-3,6,8-9,11,13H,4-5,7,10,12,14-16H2,(H3,22,23,24). The molecule has 0 radical (unpaired) electrons. The average Bonchev–Trinajstić information content (AvgIpc) is 2.66. The minimum absolute atomic E-state index is 0.0709. The van der Waals surface area contributed by atoms with Crippen molar-refractivity contribution in [1.82, 2.24) is 0 Å². The van der Waals surface area contributed by atoms with Crippen LogP contribution in [0.25, 0.3) is 0 Å². The van der Waals surface area contributed by atoms with Gasteiger partial charge in [0.05, 0.1) is 11.5 Å². The Balaban J connectivity index is 1.50. The zero-order valence-corrected chi connectivity index (χ0v) is 16.3. The molecule has 0 unspecified atom stereocenters. The SMILES string of the molecule is NC(=NCCCS(=O)(=O)Cc1ccccc1)Nc1cccc2c1CCCC2. The first-order valence-electron chi connectivity index (χ1n) is 9.45. The lowest BCUT2D eigenvalue weighted by molar-refractivity contribution is 0.593. The fraction of sp³-hybridized carbons (Fsp3) is 0.381. The van der Waals surface area contributed by atoms with E-state index in [2.05, 4.69) is 16.4 Å². The molecule has 144 valence electrons. The van der Waals surface area contributed by atoms with Gasteiger partial charge in [0.2, 0.25) is 0 Å². The summed E-state index contributed by atoms with van der Waals surface area (Å²) in [6.07, 6.45) is 5.06. The number of guanidine groups is 1. The van der Waals surface area contributed by atoms with E-state index in [1.54, 1.807) is 0 Å². The van der Waals surface area contributed by atoms with Crippen molar-refractivity contribution >= 4 is 21.5 Å². The predicted octanol–water partition coefficient (Wildman–Crippen LogP) is 3.30. The lowest BCUT2D eigenvalue weighted by Gasteiger charge is -2.19. The van der Waals surface area contributed by atoms with Crippen LogP contribution in [0.2, 0.25) is 0 Å². The Kier molecular flexibility index (Phi) is 6.50. The summed E-state index contributed by atoms with van der Waals surface area (Å²) in [4.78, 5) is 4.30. The number of fused-ring (bicyclic) bond motifs is 1. The Labute approximate surface area is 161 Å². The molecule has 2 aromatic rings. The van der Waals surface area contributed by atoms with Crippen LogP contribution in [0.1, 0.15) is 36.0 Å². The summed E-state index contributed by atoms with van der Waals surface area (Å²) in [6, 6.07) is 15.5. The van der Waals surface area contributed by atoms with Crippen LogP contribution in [0.3, 0.4) is 0 Å². The molecule has 0 amide bonds. The Hall–Kier alpha value is -2.34. The van der Waals surface area contributed by atoms with Crippen LogP contribution in [0.4, 0.5) is 5.69 Å². The highest BCUT2D eigenvalue weighted by molar-refractivity contribution is 7.90. The summed E-state index contributed by atoms with van der Waals surface area (Å²) < 4.78 is 24.4. The van der Waals surface area contributed by atoms with Crippen molar-refractivity contribution in [2.75, 3.05) is 17.6 Å². The third kappa shape index (κ3) is 5.82. The molecule has 0 fully saturated rings. The van der Waals surface area contributed by atoms with Crippen LogP contribution in [0.15, 0.2) is 53.5 Å². The lowest BCUT2D eigenvalue weighted by atomic mass is 9.90. The molecule has 0 aliphatic heterocycles. The molecule has 0 heterocycles. The quantitative estimate of drug-likeness (QED) is 0.435. The first-order valence-corrected chi connectivity index (χ1v) is 11.3. The normalized spacial score (nSPS) is 14.6. The molecule has 3 N–H and O–H groups in total. The fourth-order valence-corrected chi connectivity index (χ4v) is 4.87. The van der Waals surface area contributed by atoms with Gasteiger partial charge in [-0.15, -0.1) is 0 Å². The summed E-state index contributed by atoms with van der Waals surface area (Å²) in [5.74, 6) is 0.523. The Morgan fingerprint density at radius 2 is 1.81 bits per heavy atom. The van der Waals surface area contributed by atoms with E-state index in [0.29, 0.717) is 18.9 Å². The second-order valence-corrected chi connectivity index (χ2v) is 9.16. The zero-order chi connectivity index (χ0) is 19.1. The van der Waals surface area contributed by atoms with Crippen molar-refractivity contribution < 1.29 is 8.42 Å². The van der Waals surface area contributed by atoms with Gasteiger partial charge in [-0.05, 0) is 54.9 Å². The van der Waals surface area contributed by atoms with Crippen molar-refractivity contribution in [3.8, 4) is 0 Å². The number of nitrogens with one attached hydrogen (secondary N) is 1. The number of hydrogen-bond acceptors (Lipinski definition) is 3. The summed E-state index contributed by atoms with van der Waals surface area (Å²) >= 11 is 0. The summed E-state index contributed by atoms with van der Waals surface area (Å²) in [6.45, 7) is 0.391. The van der Waals surface area contributed by atoms with Crippen LogP contribution >= 0.6 is 0 Å². The van der Waals surface area contributed by atoms with E-state index in [-0.39, 0.29) is 11.5 Å². The van der Waals surface area contributed by atoms with Gasteiger partial charge in [-0.3, -0.25) is 4.99 Å². The van der Waals surface area contributed by atoms with Gasteiger partial charge in [-0.25, -0.2) is 8.42 Å². The van der Waals surface area contributed by atoms with Crippen LogP contribution in [-0.2, 0) is 28.4 Å². The van der Waals surface area contributed by atoms with Gasteiger partial charge in [-0.2, -0.15) is 0 Å². The molecule has 5 nitrogen and oxygen atoms in total. The monoisotopic (exact) mass is 385 g/mol. The Morgan fingerprint density at radius 1 is 1.04 bits per heavy atom. The van der Waals surface area contributed by atoms with Gasteiger partial charge in [0.1, 0.15) is 0 Å². The number of aryl methyl sites for hydroxylation is 1. The third-order valence-electron chi connectivity index (χ3n) is 4.78. The number of rotatable bonds is 7. The number of anilines is 1. The highest BCUT2D eigenvalue weighted by atomic mass is 32.2. The zero-order valence-electron chi connectivity index (χ0n) is 15.5. The summed E-state index contributed by atoms with van der Waals surface area (Å²) in [5.41, 5.74) is 10.5. The van der Waals surface area contributed by atoms with Crippen LogP contribution < -0.4 is 11.1 Å². The van der Waals surface area contributed by atoms with Crippen molar-refractivity contribution in [2.24, 2.45) is 10.7 Å². The van der Waals surface area contributed by atoms with E-state index in [1.807, 2.05) is 42.5 Å². The van der Waals surface area contributed by atoms with Crippen LogP contribution in [0.5, 0.6) is 0 Å². The number of hydrogen-bond donors (Lipinski definition) is 2. The Bertz CT molecular complexity index is 893. The highest BCUT2D eigenvalue weighted by Crippen LogP contribution is 2.27. The van der Waals surface area contributed by atoms with Crippen LogP contribution in [0, 0.1) is 0 Å². The molecule has 0 aromatic heterocycles. The number of benzene rings is 2. The molecule has 0 saturated heterocycles. The second kappa shape index (κ2) is 9.04. The predicted molar refractivity (Wildman–Crippen MR) is 112 cm³/mol. The molecular weight excluding hydrogens is 358 g/mol. The van der Waals surface area contributed by atoms with Crippen molar-refractivity contribution in [2.45, 2.75) is 37.9 Å². The maximum atomic E-state index is 12.2. The first-order chi connectivity index (χ1) is 13.0. The van der Waals surface area contributed by atoms with Gasteiger partial charge in [0.15, 0.2) is 15.8 Å². The number of sulfone groups is 1. The van der Waals surface area contributed by atoms with E-state index in [0.717, 1.165) is 24.1 Å². The topological polar surface area (TPSA) is 84.5 Å². The molecule has 27 heavy (non-hydrogen) atoms. The maximum Gasteiger partial charge on any atom is 0.193 e. The van der Waals surface area contributed by atoms with E-state index in [9.17, 15) is 8.42 Å². The molecule has 0 atom stereocenters. The van der Waals surface area contributed by atoms with E-state index >= 15 is 0 Å². The summed E-state index contributed by atoms with van der Waals surface area (Å²) in [7, 11) is -3.13. The third-order valence-corrected chi connectivity index (χ3v) is 6.47. The van der Waals surface area contributed by atoms with E-state index in [1.165, 1.54) is 24.0 Å². The number of nitrogens with zero attached hydrogens (tertiary/aromatic N) is 1. The second-order valence-electron chi connectivity index (χ2n) is 6.97. The molecule has 0 saturated carbocycles. The average molecular weight is 386 g/mol. The van der Waals surface area contributed by atoms with Crippen molar-refractivity contribution in [1.29, 1.82) is 0 Å². The van der Waals surface area contributed by atoms with Crippen molar-refractivity contribution in [3.63, 3.8) is 0 Å². The number of nitrogens with two attached hydrogens (primary N) is 1. The molecule has 6 heteroatoms. The van der Waals surface area contributed by atoms with Gasteiger partial charge >= 0.3 is 0 Å². The lowest BCUT2D eigenvalue weighted by Crippen LogP contribution is -2.24. The molecule has 3 rings (SSSR count). The fourth-order valence-electron chi connectivity index (χ4n) is 3.46. The highest BCUT2D eigenvalue weighted by Gasteiger charge is 2.13. The van der Waals surface area contributed by atoms with Gasteiger partial charge in [-0.1, -0.05) is 42.5 Å². The van der Waals surface area contributed by atoms with E-state index < -0.39 is 9.84 Å². The largest absolute Gasteiger partial charge is 0.370 e. The number of aliphatic imine (C=N–C) groups is 1. The van der Waals surface area contributed by atoms with Gasteiger partial charge < -0.3 is 11.1 Å². The molecule has 1 aliphatic rings. The molecular formula is C21H27N3O2S. The van der Waals surface area contributed by atoms with Gasteiger partial charge in [0, 0.05) is 12.2 Å². The molecule has 2 aromatic carbocycles. The minimum Gasteiger partial charge on any atom is -0.370 e. The van der Waals surface area contributed by atoms with Crippen molar-refractivity contribution in [3.05, 3.63) is 65.2 Å². The molecule has 0 bridgehead atoms. The first kappa shape index (κ1) is 19.4. The maximum absolute atomic E-state index is 12.2. The smallest absolute Gasteiger partial charge is 0.193 e. The molecule has 1 aliphatic carbocycles. The van der Waals surface area contributed by atoms with E-state index in [4.69, 9.17) is 5.73 Å².